The minimum atomic E-state index is 0.0348. The minimum absolute atomic E-state index is 0.0348. The van der Waals surface area contributed by atoms with Crippen LogP contribution in [0.3, 0.4) is 0 Å². The van der Waals surface area contributed by atoms with Crippen molar-refractivity contribution in [3.63, 3.8) is 0 Å². The molecular weight excluding hydrogens is 338 g/mol. The average molecular weight is 364 g/mol. The van der Waals surface area contributed by atoms with Gasteiger partial charge in [-0.05, 0) is 58.4 Å². The zero-order valence-corrected chi connectivity index (χ0v) is 15.8. The van der Waals surface area contributed by atoms with Gasteiger partial charge in [-0.25, -0.2) is 0 Å². The summed E-state index contributed by atoms with van der Waals surface area (Å²) in [6.45, 7) is 11.1. The van der Waals surface area contributed by atoms with E-state index in [0.717, 1.165) is 34.4 Å². The molecule has 0 aliphatic carbocycles. The first-order valence-corrected chi connectivity index (χ1v) is 8.64. The Morgan fingerprint density at radius 3 is 2.18 bits per heavy atom. The lowest BCUT2D eigenvalue weighted by molar-refractivity contribution is 0.242. The van der Waals surface area contributed by atoms with Crippen molar-refractivity contribution in [2.24, 2.45) is 0 Å². The highest BCUT2D eigenvalue weighted by atomic mass is 79.9. The fraction of sp³-hybridized carbons (Fsp3) is 0.474. The largest absolute Gasteiger partial charge is 0.461 e. The Bertz CT molecular complexity index is 609. The lowest BCUT2D eigenvalue weighted by Gasteiger charge is -2.36. The van der Waals surface area contributed by atoms with Crippen LogP contribution in [0.4, 0.5) is 0 Å². The van der Waals surface area contributed by atoms with E-state index in [0.29, 0.717) is 0 Å². The number of hydrogen-bond donors (Lipinski definition) is 1. The zero-order chi connectivity index (χ0) is 16.4. The fourth-order valence-corrected chi connectivity index (χ4v) is 3.05. The lowest BCUT2D eigenvalue weighted by atomic mass is 9.90. The highest BCUT2D eigenvalue weighted by molar-refractivity contribution is 9.10. The zero-order valence-electron chi connectivity index (χ0n) is 14.2. The molecule has 2 rings (SSSR count). The van der Waals surface area contributed by atoms with E-state index in [-0.39, 0.29) is 11.1 Å². The molecule has 1 aromatic heterocycles. The second kappa shape index (κ2) is 6.59. The summed E-state index contributed by atoms with van der Waals surface area (Å²) in [6.07, 6.45) is 1.94. The number of furan rings is 1. The molecule has 3 heteroatoms. The molecule has 0 fully saturated rings. The van der Waals surface area contributed by atoms with E-state index < -0.39 is 0 Å². The molecule has 0 saturated carbocycles. The maximum atomic E-state index is 6.07. The topological polar surface area (TPSA) is 25.2 Å². The van der Waals surface area contributed by atoms with Crippen LogP contribution in [-0.2, 0) is 6.42 Å². The summed E-state index contributed by atoms with van der Waals surface area (Å²) in [5.41, 5.74) is 1.23. The molecule has 2 aromatic rings. The highest BCUT2D eigenvalue weighted by Gasteiger charge is 2.28. The van der Waals surface area contributed by atoms with Crippen LogP contribution in [0.2, 0.25) is 0 Å². The third-order valence-electron chi connectivity index (χ3n) is 3.81. The molecule has 2 nitrogen and oxygen atoms in total. The van der Waals surface area contributed by atoms with Gasteiger partial charge in [0.2, 0.25) is 0 Å². The van der Waals surface area contributed by atoms with E-state index in [9.17, 15) is 0 Å². The second-order valence-corrected chi connectivity index (χ2v) is 8.15. The van der Waals surface area contributed by atoms with Crippen LogP contribution < -0.4 is 5.32 Å². The van der Waals surface area contributed by atoms with Crippen molar-refractivity contribution in [2.75, 3.05) is 0 Å². The van der Waals surface area contributed by atoms with Crippen LogP contribution in [0.5, 0.6) is 0 Å². The quantitative estimate of drug-likeness (QED) is 0.724. The predicted octanol–water partition coefficient (Wildman–Crippen LogP) is 5.81. The third-order valence-corrected chi connectivity index (χ3v) is 4.34. The smallest absolute Gasteiger partial charge is 0.134 e. The molecule has 0 radical (unpaired) electrons. The Morgan fingerprint density at radius 2 is 1.64 bits per heavy atom. The molecule has 0 aliphatic heterocycles. The molecule has 0 bridgehead atoms. The number of halogens is 1. The first kappa shape index (κ1) is 17.3. The molecule has 0 amide bonds. The van der Waals surface area contributed by atoms with Gasteiger partial charge in [0, 0.05) is 27.5 Å². The summed E-state index contributed by atoms with van der Waals surface area (Å²) in [5.74, 6) is 1.95. The number of rotatable bonds is 5. The number of nitrogens with one attached hydrogen (secondary N) is 1. The Morgan fingerprint density at radius 1 is 1.00 bits per heavy atom. The SMILES string of the molecule is CCC(C)(Cc1ccc(-c2ccc(Br)cc2)o1)NC(C)(C)C. The van der Waals surface area contributed by atoms with Crippen molar-refractivity contribution in [1.82, 2.24) is 5.32 Å². The van der Waals surface area contributed by atoms with E-state index in [2.05, 4.69) is 80.1 Å². The van der Waals surface area contributed by atoms with Gasteiger partial charge in [-0.15, -0.1) is 0 Å². The van der Waals surface area contributed by atoms with Crippen LogP contribution in [0.15, 0.2) is 45.3 Å². The van der Waals surface area contributed by atoms with Crippen LogP contribution in [0, 0.1) is 0 Å². The van der Waals surface area contributed by atoms with Crippen LogP contribution in [-0.4, -0.2) is 11.1 Å². The first-order valence-electron chi connectivity index (χ1n) is 7.85. The maximum Gasteiger partial charge on any atom is 0.134 e. The summed E-state index contributed by atoms with van der Waals surface area (Å²) in [4.78, 5) is 0. The molecular formula is C19H26BrNO. The van der Waals surface area contributed by atoms with Crippen molar-refractivity contribution in [3.05, 3.63) is 46.6 Å². The molecule has 0 spiro atoms. The molecule has 1 aromatic carbocycles. The van der Waals surface area contributed by atoms with Gasteiger partial charge < -0.3 is 9.73 Å². The van der Waals surface area contributed by atoms with E-state index >= 15 is 0 Å². The summed E-state index contributed by atoms with van der Waals surface area (Å²) >= 11 is 3.46. The second-order valence-electron chi connectivity index (χ2n) is 7.24. The monoisotopic (exact) mass is 363 g/mol. The summed E-state index contributed by atoms with van der Waals surface area (Å²) in [5, 5.41) is 3.72. The van der Waals surface area contributed by atoms with Crippen molar-refractivity contribution in [2.45, 2.75) is 58.5 Å². The van der Waals surface area contributed by atoms with Gasteiger partial charge >= 0.3 is 0 Å². The van der Waals surface area contributed by atoms with Crippen molar-refractivity contribution in [1.29, 1.82) is 0 Å². The number of benzene rings is 1. The highest BCUT2D eigenvalue weighted by Crippen LogP contribution is 2.27. The maximum absolute atomic E-state index is 6.07. The average Bonchev–Trinajstić information content (AvgIpc) is 2.85. The van der Waals surface area contributed by atoms with Crippen LogP contribution >= 0.6 is 15.9 Å². The Labute approximate surface area is 142 Å². The molecule has 1 heterocycles. The van der Waals surface area contributed by atoms with Gasteiger partial charge in [0.25, 0.3) is 0 Å². The van der Waals surface area contributed by atoms with Gasteiger partial charge in [0.1, 0.15) is 11.5 Å². The van der Waals surface area contributed by atoms with E-state index in [1.807, 2.05) is 12.1 Å². The van der Waals surface area contributed by atoms with Gasteiger partial charge in [-0.3, -0.25) is 0 Å². The standard InChI is InChI=1S/C19H26BrNO/c1-6-19(5,21-18(2,3)4)13-16-11-12-17(22-16)14-7-9-15(20)10-8-14/h7-12,21H,6,13H2,1-5H3. The van der Waals surface area contributed by atoms with Gasteiger partial charge in [0.05, 0.1) is 0 Å². The lowest BCUT2D eigenvalue weighted by Crippen LogP contribution is -2.53. The summed E-state index contributed by atoms with van der Waals surface area (Å²) in [7, 11) is 0. The van der Waals surface area contributed by atoms with E-state index in [1.54, 1.807) is 0 Å². The van der Waals surface area contributed by atoms with E-state index in [1.165, 1.54) is 0 Å². The molecule has 1 unspecified atom stereocenters. The van der Waals surface area contributed by atoms with Crippen molar-refractivity contribution in [3.8, 4) is 11.3 Å². The Kier molecular flexibility index (Phi) is 5.18. The molecule has 0 saturated heterocycles. The normalized spacial score (nSPS) is 14.8. The summed E-state index contributed by atoms with van der Waals surface area (Å²) in [6, 6.07) is 12.4. The molecule has 120 valence electrons. The van der Waals surface area contributed by atoms with Crippen molar-refractivity contribution >= 4 is 15.9 Å². The first-order chi connectivity index (χ1) is 10.2. The molecule has 0 aliphatic rings. The van der Waals surface area contributed by atoms with Gasteiger partial charge in [-0.2, -0.15) is 0 Å². The fourth-order valence-electron chi connectivity index (χ4n) is 2.79. The van der Waals surface area contributed by atoms with Crippen LogP contribution in [0.1, 0.15) is 46.8 Å². The van der Waals surface area contributed by atoms with Gasteiger partial charge in [0.15, 0.2) is 0 Å². The Balaban J connectivity index is 2.15. The number of hydrogen-bond acceptors (Lipinski definition) is 2. The van der Waals surface area contributed by atoms with E-state index in [4.69, 9.17) is 4.42 Å². The predicted molar refractivity (Wildman–Crippen MR) is 97.1 cm³/mol. The van der Waals surface area contributed by atoms with Crippen LogP contribution in [0.25, 0.3) is 11.3 Å². The van der Waals surface area contributed by atoms with Crippen molar-refractivity contribution < 1.29 is 4.42 Å². The Hall–Kier alpha value is -1.06. The minimum Gasteiger partial charge on any atom is -0.461 e. The van der Waals surface area contributed by atoms with Gasteiger partial charge in [-0.1, -0.05) is 35.0 Å². The third kappa shape index (κ3) is 4.72. The molecule has 1 atom stereocenters. The summed E-state index contributed by atoms with van der Waals surface area (Å²) < 4.78 is 7.15. The molecule has 1 N–H and O–H groups in total. The molecule has 22 heavy (non-hydrogen) atoms.